The third kappa shape index (κ3) is 3.97. The lowest BCUT2D eigenvalue weighted by atomic mass is 10.1. The smallest absolute Gasteiger partial charge is 0.338 e. The molecule has 0 radical (unpaired) electrons. The van der Waals surface area contributed by atoms with Gasteiger partial charge in [-0.1, -0.05) is 29.3 Å². The molecule has 2 aromatic carbocycles. The molecule has 0 aliphatic carbocycles. The predicted molar refractivity (Wildman–Crippen MR) is 101 cm³/mol. The van der Waals surface area contributed by atoms with Gasteiger partial charge in [0.05, 0.1) is 17.9 Å². The number of ether oxygens (including phenoxy) is 1. The minimum absolute atomic E-state index is 0.316. The third-order valence-electron chi connectivity index (χ3n) is 4.07. The lowest BCUT2D eigenvalue weighted by Crippen LogP contribution is -2.30. The first-order valence-electron chi connectivity index (χ1n) is 8.02. The van der Waals surface area contributed by atoms with Crippen LogP contribution in [0.15, 0.2) is 41.4 Å². The molecule has 25 heavy (non-hydrogen) atoms. The highest BCUT2D eigenvalue weighted by Crippen LogP contribution is 2.30. The molecule has 0 atom stereocenters. The van der Waals surface area contributed by atoms with Crippen LogP contribution in [0.2, 0.25) is 10.0 Å². The number of hydrogen-bond donors (Lipinski definition) is 0. The van der Waals surface area contributed by atoms with Crippen molar-refractivity contribution in [1.29, 1.82) is 0 Å². The zero-order chi connectivity index (χ0) is 18.0. The molecule has 0 amide bonds. The zero-order valence-corrected chi connectivity index (χ0v) is 15.6. The van der Waals surface area contributed by atoms with Crippen LogP contribution in [0.5, 0.6) is 0 Å². The molecular formula is C19H18Cl2N2O2. The maximum absolute atomic E-state index is 11.9. The van der Waals surface area contributed by atoms with E-state index >= 15 is 0 Å². The minimum Gasteiger partial charge on any atom is -0.462 e. The molecular weight excluding hydrogens is 359 g/mol. The average molecular weight is 377 g/mol. The second-order valence-corrected chi connectivity index (χ2v) is 6.66. The number of benzene rings is 2. The van der Waals surface area contributed by atoms with Crippen LogP contribution in [-0.4, -0.2) is 23.3 Å². The summed E-state index contributed by atoms with van der Waals surface area (Å²) in [6, 6.07) is 10.9. The number of amidine groups is 1. The molecule has 0 fully saturated rings. The number of rotatable bonds is 4. The van der Waals surface area contributed by atoms with E-state index in [-0.39, 0.29) is 5.97 Å². The molecule has 0 aromatic heterocycles. The largest absolute Gasteiger partial charge is 0.462 e. The zero-order valence-electron chi connectivity index (χ0n) is 14.1. The summed E-state index contributed by atoms with van der Waals surface area (Å²) in [5.41, 5.74) is 3.38. The van der Waals surface area contributed by atoms with Crippen molar-refractivity contribution in [2.24, 2.45) is 4.99 Å². The Morgan fingerprint density at radius 1 is 1.24 bits per heavy atom. The van der Waals surface area contributed by atoms with Gasteiger partial charge in [0, 0.05) is 23.1 Å². The number of aliphatic imine (C=N–C) groups is 1. The van der Waals surface area contributed by atoms with E-state index < -0.39 is 0 Å². The summed E-state index contributed by atoms with van der Waals surface area (Å²) < 4.78 is 5.07. The van der Waals surface area contributed by atoms with Gasteiger partial charge in [-0.15, -0.1) is 0 Å². The molecule has 3 rings (SSSR count). The quantitative estimate of drug-likeness (QED) is 0.685. The second-order valence-electron chi connectivity index (χ2n) is 5.81. The Bertz CT molecular complexity index is 849. The van der Waals surface area contributed by atoms with Crippen LogP contribution in [-0.2, 0) is 17.8 Å². The van der Waals surface area contributed by atoms with Gasteiger partial charge in [-0.3, -0.25) is 0 Å². The molecule has 1 heterocycles. The SMILES string of the molecule is CCOC(=O)c1ccc2c(c1)CN(Cc1ccc(Cl)cc1Cl)C(C)=N2. The number of nitrogens with zero attached hydrogens (tertiary/aromatic N) is 2. The molecule has 130 valence electrons. The van der Waals surface area contributed by atoms with Crippen molar-refractivity contribution in [1.82, 2.24) is 4.90 Å². The van der Waals surface area contributed by atoms with E-state index in [4.69, 9.17) is 27.9 Å². The molecule has 0 unspecified atom stereocenters. The molecule has 0 saturated carbocycles. The highest BCUT2D eigenvalue weighted by Gasteiger charge is 2.20. The van der Waals surface area contributed by atoms with Gasteiger partial charge in [-0.2, -0.15) is 0 Å². The molecule has 0 spiro atoms. The lowest BCUT2D eigenvalue weighted by molar-refractivity contribution is 0.0526. The normalized spacial score (nSPS) is 13.3. The number of halogens is 2. The minimum atomic E-state index is -0.316. The van der Waals surface area contributed by atoms with Crippen LogP contribution in [0, 0.1) is 0 Å². The van der Waals surface area contributed by atoms with E-state index in [9.17, 15) is 4.79 Å². The van der Waals surface area contributed by atoms with Crippen LogP contribution in [0.3, 0.4) is 0 Å². The number of fused-ring (bicyclic) bond motifs is 1. The van der Waals surface area contributed by atoms with E-state index in [0.717, 1.165) is 22.6 Å². The van der Waals surface area contributed by atoms with Crippen molar-refractivity contribution in [2.75, 3.05) is 6.61 Å². The van der Waals surface area contributed by atoms with Gasteiger partial charge in [0.15, 0.2) is 0 Å². The maximum atomic E-state index is 11.9. The van der Waals surface area contributed by atoms with Crippen molar-refractivity contribution < 1.29 is 9.53 Å². The second kappa shape index (κ2) is 7.46. The fourth-order valence-electron chi connectivity index (χ4n) is 2.75. The number of hydrogen-bond acceptors (Lipinski definition) is 4. The van der Waals surface area contributed by atoms with Crippen LogP contribution in [0.4, 0.5) is 5.69 Å². The van der Waals surface area contributed by atoms with Crippen LogP contribution in [0.1, 0.15) is 35.3 Å². The Morgan fingerprint density at radius 2 is 2.04 bits per heavy atom. The number of esters is 1. The summed E-state index contributed by atoms with van der Waals surface area (Å²) in [5, 5.41) is 1.24. The van der Waals surface area contributed by atoms with E-state index in [1.54, 1.807) is 19.1 Å². The fraction of sp³-hybridized carbons (Fsp3) is 0.263. The summed E-state index contributed by atoms with van der Waals surface area (Å²) in [5.74, 6) is 0.589. The van der Waals surface area contributed by atoms with E-state index in [1.807, 2.05) is 31.2 Å². The first kappa shape index (κ1) is 17.8. The highest BCUT2D eigenvalue weighted by atomic mass is 35.5. The Balaban J connectivity index is 1.84. The first-order valence-corrected chi connectivity index (χ1v) is 8.77. The Kier molecular flexibility index (Phi) is 5.30. The van der Waals surface area contributed by atoms with Gasteiger partial charge in [0.1, 0.15) is 5.84 Å². The number of carbonyl (C=O) groups excluding carboxylic acids is 1. The molecule has 1 aliphatic heterocycles. The van der Waals surface area contributed by atoms with Gasteiger partial charge in [0.25, 0.3) is 0 Å². The van der Waals surface area contributed by atoms with E-state index in [2.05, 4.69) is 9.89 Å². The van der Waals surface area contributed by atoms with E-state index in [0.29, 0.717) is 35.3 Å². The molecule has 4 nitrogen and oxygen atoms in total. The molecule has 2 aromatic rings. The van der Waals surface area contributed by atoms with Crippen molar-refractivity contribution >= 4 is 40.7 Å². The molecule has 1 aliphatic rings. The van der Waals surface area contributed by atoms with Gasteiger partial charge in [-0.05, 0) is 55.3 Å². The van der Waals surface area contributed by atoms with Gasteiger partial charge in [0.2, 0.25) is 0 Å². The Hall–Kier alpha value is -2.04. The monoisotopic (exact) mass is 376 g/mol. The molecule has 0 saturated heterocycles. The predicted octanol–water partition coefficient (Wildman–Crippen LogP) is 5.24. The Labute approximate surface area is 157 Å². The summed E-state index contributed by atoms with van der Waals surface area (Å²) in [4.78, 5) is 18.7. The van der Waals surface area contributed by atoms with Gasteiger partial charge >= 0.3 is 5.97 Å². The van der Waals surface area contributed by atoms with Crippen LogP contribution < -0.4 is 0 Å². The van der Waals surface area contributed by atoms with Crippen LogP contribution >= 0.6 is 23.2 Å². The van der Waals surface area contributed by atoms with Crippen molar-refractivity contribution in [3.8, 4) is 0 Å². The van der Waals surface area contributed by atoms with Crippen molar-refractivity contribution in [3.05, 3.63) is 63.1 Å². The average Bonchev–Trinajstić information content (AvgIpc) is 2.57. The summed E-state index contributed by atoms with van der Waals surface area (Å²) in [7, 11) is 0. The third-order valence-corrected chi connectivity index (χ3v) is 4.66. The molecule has 0 bridgehead atoms. The first-order chi connectivity index (χ1) is 12.0. The van der Waals surface area contributed by atoms with Gasteiger partial charge < -0.3 is 9.64 Å². The summed E-state index contributed by atoms with van der Waals surface area (Å²) in [6.07, 6.45) is 0. The maximum Gasteiger partial charge on any atom is 0.338 e. The van der Waals surface area contributed by atoms with Crippen LogP contribution in [0.25, 0.3) is 0 Å². The fourth-order valence-corrected chi connectivity index (χ4v) is 3.22. The summed E-state index contributed by atoms with van der Waals surface area (Å²) >= 11 is 12.2. The standard InChI is InChI=1S/C19H18Cl2N2O2/c1-3-25-19(24)13-5-7-18-15(8-13)11-23(12(2)22-18)10-14-4-6-16(20)9-17(14)21/h4-9H,3,10-11H2,1-2H3. The van der Waals surface area contributed by atoms with Crippen molar-refractivity contribution in [3.63, 3.8) is 0 Å². The van der Waals surface area contributed by atoms with Gasteiger partial charge in [-0.25, -0.2) is 9.79 Å². The molecule has 0 N–H and O–H groups in total. The number of carbonyl (C=O) groups is 1. The highest BCUT2D eigenvalue weighted by molar-refractivity contribution is 6.35. The topological polar surface area (TPSA) is 41.9 Å². The molecule has 6 heteroatoms. The summed E-state index contributed by atoms with van der Waals surface area (Å²) in [6.45, 7) is 5.38. The Morgan fingerprint density at radius 3 is 2.76 bits per heavy atom. The lowest BCUT2D eigenvalue weighted by Gasteiger charge is -2.29. The van der Waals surface area contributed by atoms with E-state index in [1.165, 1.54) is 0 Å². The van der Waals surface area contributed by atoms with Crippen molar-refractivity contribution in [2.45, 2.75) is 26.9 Å².